The van der Waals surface area contributed by atoms with Gasteiger partial charge in [0.1, 0.15) is 0 Å². The Balaban J connectivity index is 3.06. The van der Waals surface area contributed by atoms with Gasteiger partial charge in [-0.3, -0.25) is 0 Å². The molecule has 0 spiro atoms. The average molecular weight is 249 g/mol. The molecule has 0 aliphatic rings. The van der Waals surface area contributed by atoms with Gasteiger partial charge in [-0.15, -0.1) is 0 Å². The van der Waals surface area contributed by atoms with Crippen LogP contribution in [0.1, 0.15) is 5.56 Å². The molecule has 1 aromatic rings. The monoisotopic (exact) mass is 248 g/mol. The minimum atomic E-state index is 0.832. The van der Waals surface area contributed by atoms with Crippen LogP contribution >= 0.6 is 23.4 Å². The summed E-state index contributed by atoms with van der Waals surface area (Å²) in [6, 6.07) is 6.09. The van der Waals surface area contributed by atoms with E-state index in [1.54, 1.807) is 28.6 Å². The standard InChI is InChI=1S/C8H10AsClS/c1-11-8-4-7(10)3-2-6(8)5-9/h2-4H,5,9H2,1H3. The quantitative estimate of drug-likeness (QED) is 0.571. The molecule has 1 rings (SSSR count). The molecule has 0 bridgehead atoms. The van der Waals surface area contributed by atoms with Crippen molar-refractivity contribution in [2.75, 3.05) is 6.26 Å². The molecular formula is C8H10AsClS. The molecule has 0 aliphatic carbocycles. The van der Waals surface area contributed by atoms with Crippen molar-refractivity contribution in [3.05, 3.63) is 28.8 Å². The molecule has 1 atom stereocenters. The fraction of sp³-hybridized carbons (Fsp3) is 0.250. The molecular weight excluding hydrogens is 239 g/mol. The van der Waals surface area contributed by atoms with Crippen LogP contribution in [-0.4, -0.2) is 23.1 Å². The third-order valence-corrected chi connectivity index (χ3v) is 3.45. The summed E-state index contributed by atoms with van der Waals surface area (Å²) < 4.78 is 0. The van der Waals surface area contributed by atoms with E-state index >= 15 is 0 Å². The van der Waals surface area contributed by atoms with Crippen molar-refractivity contribution in [2.24, 2.45) is 0 Å². The molecule has 0 aliphatic heterocycles. The van der Waals surface area contributed by atoms with Gasteiger partial charge in [0, 0.05) is 0 Å². The first-order valence-electron chi connectivity index (χ1n) is 3.30. The number of hydrogen-bond donors (Lipinski definition) is 0. The predicted octanol–water partition coefficient (Wildman–Crippen LogP) is 2.20. The third kappa shape index (κ3) is 2.43. The van der Waals surface area contributed by atoms with Crippen LogP contribution in [0.15, 0.2) is 23.1 Å². The molecule has 0 fully saturated rings. The maximum absolute atomic E-state index is 5.84. The first kappa shape index (κ1) is 9.51. The molecule has 1 aromatic carbocycles. The molecule has 0 N–H and O–H groups in total. The Kier molecular flexibility index (Phi) is 3.84. The fourth-order valence-corrected chi connectivity index (χ4v) is 2.84. The number of thioether (sulfide) groups is 1. The van der Waals surface area contributed by atoms with Crippen LogP contribution in [0, 0.1) is 0 Å². The van der Waals surface area contributed by atoms with Crippen LogP contribution in [-0.2, 0) is 5.21 Å². The van der Waals surface area contributed by atoms with E-state index in [-0.39, 0.29) is 0 Å². The number of rotatable bonds is 2. The second-order valence-electron chi connectivity index (χ2n) is 2.16. The first-order valence-corrected chi connectivity index (χ1v) is 6.62. The van der Waals surface area contributed by atoms with Crippen molar-refractivity contribution < 1.29 is 0 Å². The van der Waals surface area contributed by atoms with Crippen molar-refractivity contribution in [3.8, 4) is 0 Å². The van der Waals surface area contributed by atoms with E-state index in [0.29, 0.717) is 0 Å². The van der Waals surface area contributed by atoms with Gasteiger partial charge in [0.05, 0.1) is 0 Å². The summed E-state index contributed by atoms with van der Waals surface area (Å²) in [7, 11) is 0. The zero-order valence-electron chi connectivity index (χ0n) is 6.30. The summed E-state index contributed by atoms with van der Waals surface area (Å²) in [5.41, 5.74) is 1.40. The maximum atomic E-state index is 5.84. The zero-order chi connectivity index (χ0) is 8.27. The van der Waals surface area contributed by atoms with Gasteiger partial charge in [-0.05, 0) is 0 Å². The number of halogens is 1. The van der Waals surface area contributed by atoms with Crippen LogP contribution in [0.4, 0.5) is 0 Å². The summed E-state index contributed by atoms with van der Waals surface area (Å²) in [4.78, 5) is 1.31. The molecule has 0 radical (unpaired) electrons. The summed E-state index contributed by atoms with van der Waals surface area (Å²) >= 11 is 9.34. The third-order valence-electron chi connectivity index (χ3n) is 1.47. The van der Waals surface area contributed by atoms with E-state index in [1.165, 1.54) is 10.5 Å². The summed E-state index contributed by atoms with van der Waals surface area (Å²) in [5, 5.41) is 1.97. The van der Waals surface area contributed by atoms with E-state index in [4.69, 9.17) is 11.6 Å². The Morgan fingerprint density at radius 1 is 1.55 bits per heavy atom. The van der Waals surface area contributed by atoms with E-state index in [9.17, 15) is 0 Å². The van der Waals surface area contributed by atoms with Crippen LogP contribution < -0.4 is 0 Å². The van der Waals surface area contributed by atoms with Crippen LogP contribution in [0.2, 0.25) is 5.02 Å². The average Bonchev–Trinajstić information content (AvgIpc) is 2.04. The zero-order valence-corrected chi connectivity index (χ0v) is 10.3. The van der Waals surface area contributed by atoms with Gasteiger partial charge in [-0.25, -0.2) is 0 Å². The normalized spacial score (nSPS) is 10.1. The molecule has 60 valence electrons. The van der Waals surface area contributed by atoms with E-state index in [2.05, 4.69) is 12.3 Å². The van der Waals surface area contributed by atoms with Crippen molar-refractivity contribution in [2.45, 2.75) is 10.1 Å². The Hall–Kier alpha value is 0.418. The topological polar surface area (TPSA) is 0 Å². The molecule has 1 unspecified atom stereocenters. The second kappa shape index (κ2) is 4.45. The molecule has 0 saturated heterocycles. The predicted molar refractivity (Wildman–Crippen MR) is 55.5 cm³/mol. The van der Waals surface area contributed by atoms with Gasteiger partial charge in [0.15, 0.2) is 0 Å². The summed E-state index contributed by atoms with van der Waals surface area (Å²) in [5.74, 6) is 0. The van der Waals surface area contributed by atoms with Crippen molar-refractivity contribution in [1.29, 1.82) is 0 Å². The first-order chi connectivity index (χ1) is 5.27. The molecule has 0 heterocycles. The summed E-state index contributed by atoms with van der Waals surface area (Å²) in [6.07, 6.45) is 2.08. The molecule has 0 aromatic heterocycles. The molecule has 3 heteroatoms. The summed E-state index contributed by atoms with van der Waals surface area (Å²) in [6.45, 7) is 0. The number of benzene rings is 1. The molecule has 0 saturated carbocycles. The minimum absolute atomic E-state index is 0.832. The van der Waals surface area contributed by atoms with Gasteiger partial charge in [0.2, 0.25) is 0 Å². The Bertz CT molecular complexity index is 250. The van der Waals surface area contributed by atoms with E-state index < -0.39 is 0 Å². The van der Waals surface area contributed by atoms with Crippen LogP contribution in [0.25, 0.3) is 0 Å². The van der Waals surface area contributed by atoms with Crippen LogP contribution in [0.3, 0.4) is 0 Å². The Morgan fingerprint density at radius 3 is 2.82 bits per heavy atom. The second-order valence-corrected chi connectivity index (χ2v) is 4.30. The SMILES string of the molecule is CSc1cc(Cl)ccc1C[AsH2]. The molecule has 0 amide bonds. The molecule has 11 heavy (non-hydrogen) atoms. The Labute approximate surface area is 85.2 Å². The van der Waals surface area contributed by atoms with Gasteiger partial charge >= 0.3 is 85.4 Å². The van der Waals surface area contributed by atoms with E-state index in [0.717, 1.165) is 10.2 Å². The van der Waals surface area contributed by atoms with Gasteiger partial charge < -0.3 is 0 Å². The number of hydrogen-bond acceptors (Lipinski definition) is 1. The Morgan fingerprint density at radius 2 is 2.27 bits per heavy atom. The van der Waals surface area contributed by atoms with Crippen LogP contribution in [0.5, 0.6) is 0 Å². The van der Waals surface area contributed by atoms with Gasteiger partial charge in [0.25, 0.3) is 0 Å². The molecule has 0 nitrogen and oxygen atoms in total. The van der Waals surface area contributed by atoms with Crippen molar-refractivity contribution in [1.82, 2.24) is 0 Å². The fourth-order valence-electron chi connectivity index (χ4n) is 0.887. The van der Waals surface area contributed by atoms with E-state index in [1.807, 2.05) is 12.1 Å². The van der Waals surface area contributed by atoms with Gasteiger partial charge in [-0.2, -0.15) is 0 Å². The van der Waals surface area contributed by atoms with Crippen molar-refractivity contribution >= 4 is 40.2 Å². The van der Waals surface area contributed by atoms with Crippen molar-refractivity contribution in [3.63, 3.8) is 0 Å². The van der Waals surface area contributed by atoms with Gasteiger partial charge in [-0.1, -0.05) is 0 Å².